The summed E-state index contributed by atoms with van der Waals surface area (Å²) in [4.78, 5) is 11.8. The molecule has 1 aliphatic rings. The van der Waals surface area contributed by atoms with E-state index in [1.54, 1.807) is 31.0 Å². The normalized spacial score (nSPS) is 15.3. The maximum absolute atomic E-state index is 11.8. The molecule has 4 nitrogen and oxygen atoms in total. The largest absolute Gasteiger partial charge is 0.359 e. The second-order valence-electron chi connectivity index (χ2n) is 4.54. The lowest BCUT2D eigenvalue weighted by atomic mass is 10.1. The standard InChI is InChI=1S/C16H12ClN2O2/c17-13-7-5-11(6-8-13)15-9-14(21-19-15)10-18-16(20)12-3-1-2-4-12/h1-9H,10H2,(H,18,20). The summed E-state index contributed by atoms with van der Waals surface area (Å²) in [6.07, 6.45) is 7.16. The number of hydrogen-bond acceptors (Lipinski definition) is 3. The number of benzene rings is 1. The van der Waals surface area contributed by atoms with Crippen LogP contribution in [0, 0.1) is 31.6 Å². The molecule has 1 aromatic heterocycles. The highest BCUT2D eigenvalue weighted by atomic mass is 35.5. The minimum absolute atomic E-state index is 0.135. The molecule has 21 heavy (non-hydrogen) atoms. The third kappa shape index (κ3) is 3.45. The van der Waals surface area contributed by atoms with Gasteiger partial charge in [0.25, 0.3) is 0 Å². The van der Waals surface area contributed by atoms with Crippen molar-refractivity contribution in [3.05, 3.63) is 72.7 Å². The number of halogens is 1. The van der Waals surface area contributed by atoms with Crippen LogP contribution in [0.4, 0.5) is 0 Å². The zero-order valence-corrected chi connectivity index (χ0v) is 11.8. The average molecular weight is 300 g/mol. The van der Waals surface area contributed by atoms with E-state index in [1.165, 1.54) is 0 Å². The smallest absolute Gasteiger partial charge is 0.228 e. The fourth-order valence-corrected chi connectivity index (χ4v) is 2.07. The van der Waals surface area contributed by atoms with Gasteiger partial charge in [-0.05, 0) is 37.8 Å². The van der Waals surface area contributed by atoms with Gasteiger partial charge in [-0.25, -0.2) is 0 Å². The Morgan fingerprint density at radius 2 is 1.90 bits per heavy atom. The van der Waals surface area contributed by atoms with Gasteiger partial charge in [0.05, 0.1) is 12.5 Å². The first-order valence-corrected chi connectivity index (χ1v) is 6.81. The van der Waals surface area contributed by atoms with Gasteiger partial charge >= 0.3 is 0 Å². The van der Waals surface area contributed by atoms with Crippen molar-refractivity contribution in [1.29, 1.82) is 0 Å². The Balaban J connectivity index is 1.60. The lowest BCUT2D eigenvalue weighted by molar-refractivity contribution is -0.118. The van der Waals surface area contributed by atoms with Crippen molar-refractivity contribution >= 4 is 17.5 Å². The number of nitrogens with zero attached hydrogens (tertiary/aromatic N) is 1. The Bertz CT molecular complexity index is 615. The topological polar surface area (TPSA) is 55.1 Å². The Labute approximate surface area is 128 Å². The van der Waals surface area contributed by atoms with Gasteiger partial charge in [0.1, 0.15) is 5.69 Å². The van der Waals surface area contributed by atoms with Crippen molar-refractivity contribution in [2.24, 2.45) is 0 Å². The van der Waals surface area contributed by atoms with Crippen LogP contribution in [0.1, 0.15) is 5.76 Å². The van der Waals surface area contributed by atoms with E-state index in [9.17, 15) is 4.79 Å². The quantitative estimate of drug-likeness (QED) is 0.944. The van der Waals surface area contributed by atoms with E-state index in [2.05, 4.69) is 10.5 Å². The van der Waals surface area contributed by atoms with Crippen LogP contribution >= 0.6 is 11.6 Å². The Morgan fingerprint density at radius 3 is 2.62 bits per heavy atom. The van der Waals surface area contributed by atoms with Crippen LogP contribution in [0.15, 0.2) is 34.9 Å². The second-order valence-corrected chi connectivity index (χ2v) is 4.98. The summed E-state index contributed by atoms with van der Waals surface area (Å²) in [5.41, 5.74) is 1.63. The maximum atomic E-state index is 11.8. The SMILES string of the molecule is O=C(NCc1cc(-c2ccc(Cl)cc2)no1)[C]1[CH][CH][CH][CH]1. The third-order valence-electron chi connectivity index (χ3n) is 3.05. The minimum Gasteiger partial charge on any atom is -0.359 e. The van der Waals surface area contributed by atoms with Crippen molar-refractivity contribution in [1.82, 2.24) is 10.5 Å². The van der Waals surface area contributed by atoms with Gasteiger partial charge in [0, 0.05) is 16.7 Å². The number of nitrogens with one attached hydrogen (secondary N) is 1. The highest BCUT2D eigenvalue weighted by molar-refractivity contribution is 6.30. The molecule has 1 aromatic carbocycles. The van der Waals surface area contributed by atoms with Gasteiger partial charge in [0.15, 0.2) is 5.76 Å². The molecular formula is C16H12ClN2O2. The molecule has 0 aliphatic heterocycles. The fourth-order valence-electron chi connectivity index (χ4n) is 1.95. The lowest BCUT2D eigenvalue weighted by Crippen LogP contribution is -2.27. The Morgan fingerprint density at radius 1 is 1.19 bits per heavy atom. The number of amides is 1. The number of carbonyl (C=O) groups excluding carboxylic acids is 1. The van der Waals surface area contributed by atoms with Crippen LogP contribution in [0.25, 0.3) is 11.3 Å². The number of hydrogen-bond donors (Lipinski definition) is 1. The van der Waals surface area contributed by atoms with Gasteiger partial charge in [-0.3, -0.25) is 4.79 Å². The molecule has 5 radical (unpaired) electrons. The van der Waals surface area contributed by atoms with E-state index in [1.807, 2.05) is 25.0 Å². The molecule has 1 fully saturated rings. The zero-order chi connectivity index (χ0) is 14.7. The van der Waals surface area contributed by atoms with Gasteiger partial charge in [-0.15, -0.1) is 0 Å². The first kappa shape index (κ1) is 14.1. The Kier molecular flexibility index (Phi) is 4.25. The average Bonchev–Trinajstić information content (AvgIpc) is 3.17. The molecular weight excluding hydrogens is 288 g/mol. The van der Waals surface area contributed by atoms with Gasteiger partial charge in [-0.2, -0.15) is 0 Å². The van der Waals surface area contributed by atoms with Crippen molar-refractivity contribution < 1.29 is 9.32 Å². The van der Waals surface area contributed by atoms with Crippen LogP contribution < -0.4 is 5.32 Å². The molecule has 0 atom stereocenters. The van der Waals surface area contributed by atoms with Gasteiger partial charge in [0.2, 0.25) is 5.91 Å². The molecule has 2 aromatic rings. The lowest BCUT2D eigenvalue weighted by Gasteiger charge is -2.06. The van der Waals surface area contributed by atoms with Crippen LogP contribution in [-0.4, -0.2) is 11.1 Å². The maximum Gasteiger partial charge on any atom is 0.228 e. The molecule has 0 spiro atoms. The predicted molar refractivity (Wildman–Crippen MR) is 79.2 cm³/mol. The summed E-state index contributed by atoms with van der Waals surface area (Å²) in [7, 11) is 0. The first-order valence-electron chi connectivity index (χ1n) is 6.44. The second kappa shape index (κ2) is 6.31. The number of aromatic nitrogens is 1. The molecule has 1 saturated carbocycles. The molecule has 5 heteroatoms. The molecule has 1 heterocycles. The van der Waals surface area contributed by atoms with E-state index in [0.717, 1.165) is 5.56 Å². The van der Waals surface area contributed by atoms with Crippen molar-refractivity contribution in [3.63, 3.8) is 0 Å². The molecule has 105 valence electrons. The van der Waals surface area contributed by atoms with Crippen molar-refractivity contribution in [2.45, 2.75) is 6.54 Å². The summed E-state index contributed by atoms with van der Waals surface area (Å²) in [6.45, 7) is 0.296. The van der Waals surface area contributed by atoms with Crippen molar-refractivity contribution in [3.8, 4) is 11.3 Å². The van der Waals surface area contributed by atoms with Crippen LogP contribution in [0.3, 0.4) is 0 Å². The molecule has 0 saturated heterocycles. The first-order chi connectivity index (χ1) is 10.2. The summed E-state index contributed by atoms with van der Waals surface area (Å²) >= 11 is 5.85. The van der Waals surface area contributed by atoms with E-state index >= 15 is 0 Å². The monoisotopic (exact) mass is 299 g/mol. The molecule has 1 aliphatic carbocycles. The van der Waals surface area contributed by atoms with Crippen LogP contribution in [-0.2, 0) is 11.3 Å². The van der Waals surface area contributed by atoms with E-state index in [0.29, 0.717) is 28.9 Å². The van der Waals surface area contributed by atoms with Gasteiger partial charge < -0.3 is 9.84 Å². The minimum atomic E-state index is -0.135. The predicted octanol–water partition coefficient (Wildman–Crippen LogP) is 3.02. The molecule has 1 N–H and O–H groups in total. The number of carbonyl (C=O) groups is 1. The summed E-state index contributed by atoms with van der Waals surface area (Å²) < 4.78 is 5.22. The van der Waals surface area contributed by atoms with Gasteiger partial charge in [-0.1, -0.05) is 28.9 Å². The highest BCUT2D eigenvalue weighted by Gasteiger charge is 2.24. The van der Waals surface area contributed by atoms with Crippen molar-refractivity contribution in [2.75, 3.05) is 0 Å². The zero-order valence-electron chi connectivity index (χ0n) is 11.0. The highest BCUT2D eigenvalue weighted by Crippen LogP contribution is 2.23. The van der Waals surface area contributed by atoms with E-state index in [4.69, 9.17) is 16.1 Å². The fraction of sp³-hybridized carbons (Fsp3) is 0.0625. The van der Waals surface area contributed by atoms with Crippen LogP contribution in [0.2, 0.25) is 5.02 Å². The molecule has 0 bridgehead atoms. The molecule has 1 amide bonds. The molecule has 0 unspecified atom stereocenters. The molecule has 3 rings (SSSR count). The summed E-state index contributed by atoms with van der Waals surface area (Å²) in [5, 5.41) is 7.44. The number of rotatable bonds is 4. The third-order valence-corrected chi connectivity index (χ3v) is 3.30. The summed E-state index contributed by atoms with van der Waals surface area (Å²) in [6, 6.07) is 9.12. The van der Waals surface area contributed by atoms with E-state index in [-0.39, 0.29) is 5.91 Å². The van der Waals surface area contributed by atoms with Crippen LogP contribution in [0.5, 0.6) is 0 Å². The summed E-state index contributed by atoms with van der Waals surface area (Å²) in [5.74, 6) is 1.09. The van der Waals surface area contributed by atoms with E-state index < -0.39 is 0 Å². The Hall–Kier alpha value is -1.81.